The van der Waals surface area contributed by atoms with Crippen molar-refractivity contribution in [3.05, 3.63) is 0 Å². The van der Waals surface area contributed by atoms with E-state index in [9.17, 15) is 0 Å². The number of hydrogen-bond donors (Lipinski definition) is 1. The van der Waals surface area contributed by atoms with Gasteiger partial charge in [0, 0.05) is 31.0 Å². The van der Waals surface area contributed by atoms with Crippen LogP contribution in [0, 0.1) is 0 Å². The van der Waals surface area contributed by atoms with Crippen LogP contribution in [-0.2, 0) is 9.47 Å². The van der Waals surface area contributed by atoms with Crippen molar-refractivity contribution in [2.24, 2.45) is 0 Å². The van der Waals surface area contributed by atoms with Crippen molar-refractivity contribution in [2.45, 2.75) is 77.3 Å². The zero-order valence-corrected chi connectivity index (χ0v) is 13.7. The van der Waals surface area contributed by atoms with E-state index in [0.717, 1.165) is 45.6 Å². The maximum Gasteiger partial charge on any atom is 0.170 e. The Labute approximate surface area is 124 Å². The number of likely N-dealkylation sites (N-methyl/N-ethyl adjacent to an activating group) is 2. The molecule has 0 aromatic carbocycles. The van der Waals surface area contributed by atoms with Gasteiger partial charge in [-0.05, 0) is 32.9 Å². The van der Waals surface area contributed by atoms with Gasteiger partial charge in [0.2, 0.25) is 0 Å². The molecular weight excluding hydrogens is 252 g/mol. The average Bonchev–Trinajstić information content (AvgIpc) is 2.91. The first kappa shape index (κ1) is 16.2. The van der Waals surface area contributed by atoms with Crippen molar-refractivity contribution in [1.82, 2.24) is 10.2 Å². The largest absolute Gasteiger partial charge is 0.347 e. The molecule has 4 heteroatoms. The number of ether oxygens (including phenoxy) is 2. The zero-order chi connectivity index (χ0) is 14.6. The molecule has 2 fully saturated rings. The lowest BCUT2D eigenvalue weighted by Crippen LogP contribution is -2.59. The highest BCUT2D eigenvalue weighted by molar-refractivity contribution is 4.97. The second-order valence-electron chi connectivity index (χ2n) is 6.17. The van der Waals surface area contributed by atoms with Crippen molar-refractivity contribution in [2.75, 3.05) is 26.3 Å². The Morgan fingerprint density at radius 3 is 2.50 bits per heavy atom. The molecule has 0 radical (unpaired) electrons. The molecule has 2 rings (SSSR count). The minimum absolute atomic E-state index is 0.294. The molecule has 1 saturated carbocycles. The molecule has 0 bridgehead atoms. The molecule has 4 nitrogen and oxygen atoms in total. The van der Waals surface area contributed by atoms with E-state index in [4.69, 9.17) is 9.47 Å². The highest BCUT2D eigenvalue weighted by Gasteiger charge is 2.46. The molecule has 20 heavy (non-hydrogen) atoms. The summed E-state index contributed by atoms with van der Waals surface area (Å²) in [5.74, 6) is -0.294. The zero-order valence-electron chi connectivity index (χ0n) is 13.7. The molecule has 118 valence electrons. The lowest BCUT2D eigenvalue weighted by molar-refractivity contribution is -0.195. The van der Waals surface area contributed by atoms with E-state index >= 15 is 0 Å². The van der Waals surface area contributed by atoms with Gasteiger partial charge in [0.25, 0.3) is 0 Å². The molecule has 1 heterocycles. The summed E-state index contributed by atoms with van der Waals surface area (Å²) in [5, 5.41) is 3.68. The van der Waals surface area contributed by atoms with Crippen LogP contribution in [0.4, 0.5) is 0 Å². The quantitative estimate of drug-likeness (QED) is 0.812. The first-order valence-corrected chi connectivity index (χ1v) is 8.42. The van der Waals surface area contributed by atoms with Crippen LogP contribution in [0.2, 0.25) is 0 Å². The third-order valence-electron chi connectivity index (χ3n) is 5.05. The van der Waals surface area contributed by atoms with Crippen LogP contribution in [-0.4, -0.2) is 55.1 Å². The number of hydrogen-bond acceptors (Lipinski definition) is 4. The molecular formula is C16H32N2O2. The number of rotatable bonds is 6. The highest BCUT2D eigenvalue weighted by Crippen LogP contribution is 2.38. The molecule has 1 aliphatic heterocycles. The fraction of sp³-hybridized carbons (Fsp3) is 1.00. The van der Waals surface area contributed by atoms with E-state index in [1.165, 1.54) is 6.42 Å². The lowest BCUT2D eigenvalue weighted by Gasteiger charge is -2.47. The highest BCUT2D eigenvalue weighted by atomic mass is 16.7. The van der Waals surface area contributed by atoms with E-state index in [2.05, 4.69) is 37.9 Å². The van der Waals surface area contributed by atoms with Gasteiger partial charge in [-0.3, -0.25) is 4.90 Å². The van der Waals surface area contributed by atoms with Crippen LogP contribution < -0.4 is 5.32 Å². The van der Waals surface area contributed by atoms with E-state index in [-0.39, 0.29) is 5.79 Å². The Morgan fingerprint density at radius 2 is 1.95 bits per heavy atom. The normalized spacial score (nSPS) is 31.1. The number of nitrogens with zero attached hydrogens (tertiary/aromatic N) is 1. The Bertz CT molecular complexity index is 292. The monoisotopic (exact) mass is 284 g/mol. The maximum atomic E-state index is 5.97. The van der Waals surface area contributed by atoms with Gasteiger partial charge in [-0.1, -0.05) is 20.8 Å². The van der Waals surface area contributed by atoms with Crippen LogP contribution in [0.15, 0.2) is 0 Å². The van der Waals surface area contributed by atoms with Crippen LogP contribution in [0.3, 0.4) is 0 Å². The van der Waals surface area contributed by atoms with Gasteiger partial charge in [0.1, 0.15) is 0 Å². The molecule has 0 aromatic heterocycles. The predicted octanol–water partition coefficient (Wildman–Crippen LogP) is 2.38. The molecule has 3 atom stereocenters. The second kappa shape index (κ2) is 7.21. The molecule has 1 N–H and O–H groups in total. The molecule has 0 aromatic rings. The summed E-state index contributed by atoms with van der Waals surface area (Å²) in [6.07, 6.45) is 4.37. The third kappa shape index (κ3) is 3.35. The Balaban J connectivity index is 2.12. The molecule has 2 aliphatic rings. The minimum atomic E-state index is -0.294. The first-order chi connectivity index (χ1) is 9.65. The van der Waals surface area contributed by atoms with Gasteiger partial charge >= 0.3 is 0 Å². The standard InChI is InChI=1S/C16H32N2O2/c1-5-13(4)18(7-3)15-12-16(19-10-11-20-16)9-8-14(15)17-6-2/h13-15,17H,5-12H2,1-4H3. The average molecular weight is 284 g/mol. The van der Waals surface area contributed by atoms with Gasteiger partial charge in [-0.2, -0.15) is 0 Å². The van der Waals surface area contributed by atoms with Crippen molar-refractivity contribution in [1.29, 1.82) is 0 Å². The van der Waals surface area contributed by atoms with Gasteiger partial charge in [0.05, 0.1) is 13.2 Å². The van der Waals surface area contributed by atoms with Crippen molar-refractivity contribution < 1.29 is 9.47 Å². The van der Waals surface area contributed by atoms with Crippen molar-refractivity contribution >= 4 is 0 Å². The number of nitrogens with one attached hydrogen (secondary N) is 1. The predicted molar refractivity (Wildman–Crippen MR) is 81.9 cm³/mol. The van der Waals surface area contributed by atoms with Crippen molar-refractivity contribution in [3.63, 3.8) is 0 Å². The van der Waals surface area contributed by atoms with Gasteiger partial charge in [0.15, 0.2) is 5.79 Å². The Hall–Kier alpha value is -0.160. The van der Waals surface area contributed by atoms with E-state index in [1.807, 2.05) is 0 Å². The van der Waals surface area contributed by atoms with Crippen LogP contribution in [0.1, 0.15) is 53.4 Å². The van der Waals surface area contributed by atoms with Gasteiger partial charge < -0.3 is 14.8 Å². The SMILES string of the molecule is CCNC1CCC2(CC1N(CC)C(C)CC)OCCO2. The summed E-state index contributed by atoms with van der Waals surface area (Å²) >= 11 is 0. The minimum Gasteiger partial charge on any atom is -0.347 e. The van der Waals surface area contributed by atoms with E-state index in [0.29, 0.717) is 18.1 Å². The topological polar surface area (TPSA) is 33.7 Å². The first-order valence-electron chi connectivity index (χ1n) is 8.42. The maximum absolute atomic E-state index is 5.97. The van der Waals surface area contributed by atoms with Gasteiger partial charge in [-0.15, -0.1) is 0 Å². The van der Waals surface area contributed by atoms with Crippen molar-refractivity contribution in [3.8, 4) is 0 Å². The van der Waals surface area contributed by atoms with Gasteiger partial charge in [-0.25, -0.2) is 0 Å². The molecule has 1 saturated heterocycles. The molecule has 0 amide bonds. The summed E-state index contributed by atoms with van der Waals surface area (Å²) in [5.41, 5.74) is 0. The van der Waals surface area contributed by atoms with Crippen LogP contribution in [0.5, 0.6) is 0 Å². The summed E-state index contributed by atoms with van der Waals surface area (Å²) < 4.78 is 11.9. The smallest absolute Gasteiger partial charge is 0.170 e. The second-order valence-corrected chi connectivity index (χ2v) is 6.17. The molecule has 1 spiro atoms. The fourth-order valence-electron chi connectivity index (χ4n) is 3.85. The third-order valence-corrected chi connectivity index (χ3v) is 5.05. The van der Waals surface area contributed by atoms with Crippen LogP contribution >= 0.6 is 0 Å². The lowest BCUT2D eigenvalue weighted by atomic mass is 9.83. The van der Waals surface area contributed by atoms with E-state index < -0.39 is 0 Å². The van der Waals surface area contributed by atoms with E-state index in [1.54, 1.807) is 0 Å². The summed E-state index contributed by atoms with van der Waals surface area (Å²) in [4.78, 5) is 2.64. The molecule has 3 unspecified atom stereocenters. The summed E-state index contributed by atoms with van der Waals surface area (Å²) in [6.45, 7) is 12.7. The fourth-order valence-corrected chi connectivity index (χ4v) is 3.85. The summed E-state index contributed by atoms with van der Waals surface area (Å²) in [6, 6.07) is 1.69. The molecule has 1 aliphatic carbocycles. The van der Waals surface area contributed by atoms with Crippen LogP contribution in [0.25, 0.3) is 0 Å². The Morgan fingerprint density at radius 1 is 1.25 bits per heavy atom. The Kier molecular flexibility index (Phi) is 5.84. The summed E-state index contributed by atoms with van der Waals surface area (Å²) in [7, 11) is 0.